The average molecular weight is 481 g/mol. The highest BCUT2D eigenvalue weighted by atomic mass is 16.5. The molecule has 1 fully saturated rings. The van der Waals surface area contributed by atoms with Crippen molar-refractivity contribution in [2.45, 2.75) is 50.1 Å². The summed E-state index contributed by atoms with van der Waals surface area (Å²) in [6.07, 6.45) is 1.96. The van der Waals surface area contributed by atoms with Crippen molar-refractivity contribution in [2.24, 2.45) is 5.92 Å². The number of benzene rings is 2. The first-order chi connectivity index (χ1) is 16.8. The number of carboxylic acid groups (broad SMARTS) is 1. The summed E-state index contributed by atoms with van der Waals surface area (Å²) in [5.74, 6) is -2.20. The van der Waals surface area contributed by atoms with Gasteiger partial charge in [-0.3, -0.25) is 9.59 Å². The van der Waals surface area contributed by atoms with E-state index in [1.54, 1.807) is 6.92 Å². The van der Waals surface area contributed by atoms with Gasteiger partial charge in [-0.25, -0.2) is 4.79 Å². The molecule has 35 heavy (non-hydrogen) atoms. The zero-order valence-corrected chi connectivity index (χ0v) is 20.1. The van der Waals surface area contributed by atoms with Crippen LogP contribution in [0, 0.1) is 5.92 Å². The quantitative estimate of drug-likeness (QED) is 0.531. The molecule has 0 heterocycles. The van der Waals surface area contributed by atoms with Gasteiger partial charge in [-0.15, -0.1) is 0 Å². The zero-order chi connectivity index (χ0) is 25.0. The van der Waals surface area contributed by atoms with Gasteiger partial charge in [0.2, 0.25) is 5.91 Å². The van der Waals surface area contributed by atoms with Gasteiger partial charge in [0.15, 0.2) is 0 Å². The maximum absolute atomic E-state index is 13.0. The van der Waals surface area contributed by atoms with Crippen molar-refractivity contribution in [3.8, 4) is 11.1 Å². The second-order valence-electron chi connectivity index (χ2n) is 9.52. The summed E-state index contributed by atoms with van der Waals surface area (Å²) in [5.41, 5.74) is 3.55. The van der Waals surface area contributed by atoms with E-state index in [4.69, 9.17) is 9.47 Å². The summed E-state index contributed by atoms with van der Waals surface area (Å²) in [5, 5.41) is 15.1. The molecular formula is C27H32N2O6. The number of rotatable bonds is 8. The van der Waals surface area contributed by atoms with Crippen LogP contribution in [0.1, 0.15) is 49.7 Å². The number of carboxylic acids is 1. The lowest BCUT2D eigenvalue weighted by molar-refractivity contribution is -0.147. The maximum atomic E-state index is 13.0. The minimum absolute atomic E-state index is 0.0656. The van der Waals surface area contributed by atoms with E-state index in [1.807, 2.05) is 36.4 Å². The van der Waals surface area contributed by atoms with E-state index in [-0.39, 0.29) is 19.1 Å². The van der Waals surface area contributed by atoms with Crippen LogP contribution in [0.15, 0.2) is 48.5 Å². The average Bonchev–Trinajstić information content (AvgIpc) is 3.16. The predicted molar refractivity (Wildman–Crippen MR) is 130 cm³/mol. The van der Waals surface area contributed by atoms with Crippen molar-refractivity contribution in [3.05, 3.63) is 59.7 Å². The fourth-order valence-electron chi connectivity index (χ4n) is 5.38. The largest absolute Gasteiger partial charge is 0.481 e. The van der Waals surface area contributed by atoms with Crippen LogP contribution in [0.3, 0.4) is 0 Å². The third kappa shape index (κ3) is 5.17. The minimum atomic E-state index is -1.01. The zero-order valence-electron chi connectivity index (χ0n) is 20.1. The number of fused-ring (bicyclic) bond motifs is 3. The number of methoxy groups -OCH3 is 1. The first-order valence-electron chi connectivity index (χ1n) is 12.0. The topological polar surface area (TPSA) is 114 Å². The number of nitrogens with one attached hydrogen (secondary N) is 2. The third-order valence-electron chi connectivity index (χ3n) is 7.20. The molecular weight excluding hydrogens is 448 g/mol. The number of carbonyl (C=O) groups excluding carboxylic acids is 2. The molecule has 3 atom stereocenters. The third-order valence-corrected chi connectivity index (χ3v) is 7.20. The van der Waals surface area contributed by atoms with Gasteiger partial charge in [-0.1, -0.05) is 61.4 Å². The molecule has 3 N–H and O–H groups in total. The van der Waals surface area contributed by atoms with Gasteiger partial charge in [-0.05, 0) is 42.0 Å². The van der Waals surface area contributed by atoms with Crippen LogP contribution < -0.4 is 10.6 Å². The Morgan fingerprint density at radius 3 is 2.29 bits per heavy atom. The van der Waals surface area contributed by atoms with E-state index in [0.717, 1.165) is 35.1 Å². The molecule has 2 aromatic carbocycles. The molecule has 8 nitrogen and oxygen atoms in total. The van der Waals surface area contributed by atoms with Gasteiger partial charge in [0.25, 0.3) is 0 Å². The molecule has 0 aliphatic heterocycles. The molecule has 0 radical (unpaired) electrons. The van der Waals surface area contributed by atoms with E-state index >= 15 is 0 Å². The molecule has 2 aliphatic carbocycles. The molecule has 4 rings (SSSR count). The summed E-state index contributed by atoms with van der Waals surface area (Å²) < 4.78 is 10.7. The number of ether oxygens (including phenoxy) is 2. The van der Waals surface area contributed by atoms with E-state index in [9.17, 15) is 19.5 Å². The summed E-state index contributed by atoms with van der Waals surface area (Å²) in [4.78, 5) is 37.5. The van der Waals surface area contributed by atoms with Crippen molar-refractivity contribution in [3.63, 3.8) is 0 Å². The van der Waals surface area contributed by atoms with Gasteiger partial charge in [0, 0.05) is 13.0 Å². The Bertz CT molecular complexity index is 1060. The highest BCUT2D eigenvalue weighted by Crippen LogP contribution is 2.44. The minimum Gasteiger partial charge on any atom is -0.481 e. The summed E-state index contributed by atoms with van der Waals surface area (Å²) in [7, 11) is 1.43. The Morgan fingerprint density at radius 1 is 1.06 bits per heavy atom. The fourth-order valence-corrected chi connectivity index (χ4v) is 5.38. The van der Waals surface area contributed by atoms with Crippen LogP contribution in [0.25, 0.3) is 11.1 Å². The first kappa shape index (κ1) is 24.7. The highest BCUT2D eigenvalue weighted by Gasteiger charge is 2.43. The smallest absolute Gasteiger partial charge is 0.407 e. The van der Waals surface area contributed by atoms with Gasteiger partial charge in [0.05, 0.1) is 18.1 Å². The van der Waals surface area contributed by atoms with Gasteiger partial charge >= 0.3 is 12.1 Å². The molecule has 186 valence electrons. The molecule has 0 saturated heterocycles. The van der Waals surface area contributed by atoms with Gasteiger partial charge < -0.3 is 25.2 Å². The molecule has 0 aromatic heterocycles. The number of hydrogen-bond donors (Lipinski definition) is 3. The van der Waals surface area contributed by atoms with Crippen molar-refractivity contribution in [1.29, 1.82) is 0 Å². The fraction of sp³-hybridized carbons (Fsp3) is 0.444. The highest BCUT2D eigenvalue weighted by molar-refractivity contribution is 5.87. The predicted octanol–water partition coefficient (Wildman–Crippen LogP) is 3.69. The summed E-state index contributed by atoms with van der Waals surface area (Å²) >= 11 is 0. The SMILES string of the molecule is COCC(NC(=O)OCC1c2ccccc2-c2ccccc21)C(=O)NC1(C)CCCCC1C(=O)O. The number of amides is 2. The summed E-state index contributed by atoms with van der Waals surface area (Å²) in [6.45, 7) is 1.81. The number of aliphatic carboxylic acids is 1. The molecule has 2 aliphatic rings. The Labute approximate surface area is 205 Å². The summed E-state index contributed by atoms with van der Waals surface area (Å²) in [6, 6.07) is 15.1. The lowest BCUT2D eigenvalue weighted by Gasteiger charge is -2.40. The Morgan fingerprint density at radius 2 is 1.69 bits per heavy atom. The molecule has 0 spiro atoms. The van der Waals surface area contributed by atoms with E-state index < -0.39 is 35.5 Å². The van der Waals surface area contributed by atoms with E-state index in [2.05, 4.69) is 22.8 Å². The normalized spacial score (nSPS) is 21.9. The van der Waals surface area contributed by atoms with Crippen molar-refractivity contribution in [1.82, 2.24) is 10.6 Å². The van der Waals surface area contributed by atoms with Gasteiger partial charge in [-0.2, -0.15) is 0 Å². The van der Waals surface area contributed by atoms with E-state index in [0.29, 0.717) is 12.8 Å². The van der Waals surface area contributed by atoms with Crippen molar-refractivity contribution in [2.75, 3.05) is 20.3 Å². The number of hydrogen-bond acceptors (Lipinski definition) is 5. The molecule has 2 amide bonds. The maximum Gasteiger partial charge on any atom is 0.407 e. The number of alkyl carbamates (subject to hydrolysis) is 1. The first-order valence-corrected chi connectivity index (χ1v) is 12.0. The second kappa shape index (κ2) is 10.5. The number of carbonyl (C=O) groups is 3. The van der Waals surface area contributed by atoms with Crippen LogP contribution in [0.5, 0.6) is 0 Å². The second-order valence-corrected chi connectivity index (χ2v) is 9.52. The Balaban J connectivity index is 1.41. The van der Waals surface area contributed by atoms with Crippen LogP contribution in [-0.2, 0) is 19.1 Å². The molecule has 2 aromatic rings. The lowest BCUT2D eigenvalue weighted by Crippen LogP contribution is -2.60. The Kier molecular flexibility index (Phi) is 7.40. The Hall–Kier alpha value is -3.39. The molecule has 0 bridgehead atoms. The van der Waals surface area contributed by atoms with Crippen LogP contribution in [0.4, 0.5) is 4.79 Å². The molecule has 3 unspecified atom stereocenters. The van der Waals surface area contributed by atoms with Crippen molar-refractivity contribution >= 4 is 18.0 Å². The molecule has 1 saturated carbocycles. The standard InChI is InChI=1S/C27H32N2O6/c1-27(14-8-7-13-22(27)25(31)32)29-24(30)23(16-34-2)28-26(33)35-15-21-19-11-5-3-9-17(19)18-10-4-6-12-20(18)21/h3-6,9-12,21-23H,7-8,13-16H2,1-2H3,(H,28,33)(H,29,30)(H,31,32). The van der Waals surface area contributed by atoms with Gasteiger partial charge in [0.1, 0.15) is 12.6 Å². The van der Waals surface area contributed by atoms with Crippen LogP contribution in [-0.4, -0.2) is 55.0 Å². The van der Waals surface area contributed by atoms with Crippen LogP contribution in [0.2, 0.25) is 0 Å². The van der Waals surface area contributed by atoms with Crippen LogP contribution >= 0.6 is 0 Å². The monoisotopic (exact) mass is 480 g/mol. The van der Waals surface area contributed by atoms with E-state index in [1.165, 1.54) is 7.11 Å². The molecule has 8 heteroatoms. The lowest BCUT2D eigenvalue weighted by atomic mass is 9.73. The van der Waals surface area contributed by atoms with Crippen molar-refractivity contribution < 1.29 is 29.0 Å².